The van der Waals surface area contributed by atoms with Crippen LogP contribution in [-0.2, 0) is 11.3 Å². The number of nitro groups is 1. The molecule has 0 fully saturated rings. The van der Waals surface area contributed by atoms with Crippen molar-refractivity contribution < 1.29 is 14.4 Å². The molecule has 0 N–H and O–H groups in total. The molecule has 21 heavy (non-hydrogen) atoms. The Morgan fingerprint density at radius 2 is 1.86 bits per heavy atom. The Balaban J connectivity index is 1.76. The number of benzene rings is 2. The highest BCUT2D eigenvalue weighted by molar-refractivity contribution is 5.45. The Labute approximate surface area is 123 Å². The lowest BCUT2D eigenvalue weighted by atomic mass is 10.2. The molecule has 0 radical (unpaired) electrons. The largest absolute Gasteiger partial charge is 0.491 e. The molecule has 0 aliphatic carbocycles. The number of nitro benzene ring substituents is 1. The second-order valence-corrected chi connectivity index (χ2v) is 4.59. The summed E-state index contributed by atoms with van der Waals surface area (Å²) in [6, 6.07) is 14.7. The fourth-order valence-corrected chi connectivity index (χ4v) is 1.86. The summed E-state index contributed by atoms with van der Waals surface area (Å²) in [5, 5.41) is 10.8. The summed E-state index contributed by atoms with van der Waals surface area (Å²) in [6.07, 6.45) is 0. The lowest BCUT2D eigenvalue weighted by Crippen LogP contribution is -2.07. The van der Waals surface area contributed by atoms with Crippen LogP contribution in [0.4, 0.5) is 5.69 Å². The summed E-state index contributed by atoms with van der Waals surface area (Å²) < 4.78 is 10.9. The van der Waals surface area contributed by atoms with Crippen LogP contribution in [-0.4, -0.2) is 18.1 Å². The highest BCUT2D eigenvalue weighted by Gasteiger charge is 2.11. The first-order valence-corrected chi connectivity index (χ1v) is 6.66. The second kappa shape index (κ2) is 7.40. The van der Waals surface area contributed by atoms with E-state index < -0.39 is 4.92 Å². The standard InChI is InChI=1S/C16H17NO4/c1-13-7-8-15(11-16(13)17(18)19)21-10-9-20-12-14-5-3-2-4-6-14/h2-8,11H,9-10,12H2,1H3. The molecule has 0 bridgehead atoms. The number of ether oxygens (including phenoxy) is 2. The third-order valence-corrected chi connectivity index (χ3v) is 2.99. The van der Waals surface area contributed by atoms with E-state index in [9.17, 15) is 10.1 Å². The van der Waals surface area contributed by atoms with Crippen molar-refractivity contribution in [2.45, 2.75) is 13.5 Å². The molecule has 0 heterocycles. The smallest absolute Gasteiger partial charge is 0.276 e. The minimum atomic E-state index is -0.409. The van der Waals surface area contributed by atoms with Crippen LogP contribution in [0.1, 0.15) is 11.1 Å². The van der Waals surface area contributed by atoms with E-state index in [0.29, 0.717) is 31.1 Å². The zero-order chi connectivity index (χ0) is 15.1. The molecule has 0 aromatic heterocycles. The van der Waals surface area contributed by atoms with Crippen molar-refractivity contribution in [3.63, 3.8) is 0 Å². The van der Waals surface area contributed by atoms with Crippen LogP contribution >= 0.6 is 0 Å². The molecule has 2 aromatic rings. The third kappa shape index (κ3) is 4.57. The molecule has 0 aliphatic rings. The minimum absolute atomic E-state index is 0.0673. The maximum atomic E-state index is 10.8. The molecular formula is C16H17NO4. The molecule has 0 saturated carbocycles. The van der Waals surface area contributed by atoms with Crippen molar-refractivity contribution in [1.82, 2.24) is 0 Å². The first-order chi connectivity index (χ1) is 10.2. The van der Waals surface area contributed by atoms with Crippen molar-refractivity contribution in [2.24, 2.45) is 0 Å². The summed E-state index contributed by atoms with van der Waals surface area (Å²) in [6.45, 7) is 3.01. The van der Waals surface area contributed by atoms with Crippen molar-refractivity contribution in [3.8, 4) is 5.75 Å². The summed E-state index contributed by atoms with van der Waals surface area (Å²) in [4.78, 5) is 10.4. The molecule has 5 heteroatoms. The molecule has 2 rings (SSSR count). The van der Waals surface area contributed by atoms with Crippen LogP contribution in [0.15, 0.2) is 48.5 Å². The molecular weight excluding hydrogens is 270 g/mol. The van der Waals surface area contributed by atoms with Crippen LogP contribution in [0.2, 0.25) is 0 Å². The predicted octanol–water partition coefficient (Wildman–Crippen LogP) is 3.50. The summed E-state index contributed by atoms with van der Waals surface area (Å²) in [5.41, 5.74) is 1.79. The second-order valence-electron chi connectivity index (χ2n) is 4.59. The van der Waals surface area contributed by atoms with E-state index in [1.54, 1.807) is 19.1 Å². The van der Waals surface area contributed by atoms with E-state index >= 15 is 0 Å². The van der Waals surface area contributed by atoms with E-state index in [1.165, 1.54) is 6.07 Å². The van der Waals surface area contributed by atoms with E-state index in [-0.39, 0.29) is 5.69 Å². The van der Waals surface area contributed by atoms with E-state index in [1.807, 2.05) is 30.3 Å². The lowest BCUT2D eigenvalue weighted by Gasteiger charge is -2.08. The van der Waals surface area contributed by atoms with E-state index in [2.05, 4.69) is 0 Å². The van der Waals surface area contributed by atoms with Gasteiger partial charge in [-0.05, 0) is 24.6 Å². The first kappa shape index (κ1) is 15.0. The number of rotatable bonds is 7. The zero-order valence-corrected chi connectivity index (χ0v) is 11.8. The monoisotopic (exact) mass is 287 g/mol. The van der Waals surface area contributed by atoms with Crippen molar-refractivity contribution in [3.05, 3.63) is 69.8 Å². The average molecular weight is 287 g/mol. The van der Waals surface area contributed by atoms with Crippen LogP contribution < -0.4 is 4.74 Å². The van der Waals surface area contributed by atoms with Gasteiger partial charge in [-0.25, -0.2) is 0 Å². The van der Waals surface area contributed by atoms with Gasteiger partial charge in [0.25, 0.3) is 5.69 Å². The van der Waals surface area contributed by atoms with Gasteiger partial charge in [0, 0.05) is 5.56 Å². The van der Waals surface area contributed by atoms with Gasteiger partial charge in [-0.15, -0.1) is 0 Å². The molecule has 0 amide bonds. The maximum absolute atomic E-state index is 10.8. The Morgan fingerprint density at radius 1 is 1.10 bits per heavy atom. The Kier molecular flexibility index (Phi) is 5.29. The van der Waals surface area contributed by atoms with Gasteiger partial charge < -0.3 is 9.47 Å². The van der Waals surface area contributed by atoms with Gasteiger partial charge >= 0.3 is 0 Å². The Bertz CT molecular complexity index is 598. The minimum Gasteiger partial charge on any atom is -0.491 e. The summed E-state index contributed by atoms with van der Waals surface area (Å²) in [5.74, 6) is 0.482. The zero-order valence-electron chi connectivity index (χ0n) is 11.8. The fraction of sp³-hybridized carbons (Fsp3) is 0.250. The van der Waals surface area contributed by atoms with Crippen LogP contribution in [0.5, 0.6) is 5.75 Å². The molecule has 2 aromatic carbocycles. The van der Waals surface area contributed by atoms with E-state index in [0.717, 1.165) is 5.56 Å². The normalized spacial score (nSPS) is 10.3. The van der Waals surface area contributed by atoms with Gasteiger partial charge in [0.2, 0.25) is 0 Å². The molecule has 0 unspecified atom stereocenters. The number of hydrogen-bond donors (Lipinski definition) is 0. The maximum Gasteiger partial charge on any atom is 0.276 e. The van der Waals surface area contributed by atoms with Crippen LogP contribution in [0.25, 0.3) is 0 Å². The van der Waals surface area contributed by atoms with Crippen molar-refractivity contribution in [1.29, 1.82) is 0 Å². The van der Waals surface area contributed by atoms with Gasteiger partial charge in [0.05, 0.1) is 24.2 Å². The Morgan fingerprint density at radius 3 is 2.57 bits per heavy atom. The van der Waals surface area contributed by atoms with Gasteiger partial charge in [-0.3, -0.25) is 10.1 Å². The average Bonchev–Trinajstić information content (AvgIpc) is 2.49. The van der Waals surface area contributed by atoms with Crippen LogP contribution in [0.3, 0.4) is 0 Å². The van der Waals surface area contributed by atoms with Gasteiger partial charge in [-0.2, -0.15) is 0 Å². The molecule has 0 saturated heterocycles. The lowest BCUT2D eigenvalue weighted by molar-refractivity contribution is -0.385. The SMILES string of the molecule is Cc1ccc(OCCOCc2ccccc2)cc1[N+](=O)[O-]. The summed E-state index contributed by atoms with van der Waals surface area (Å²) in [7, 11) is 0. The van der Waals surface area contributed by atoms with Gasteiger partial charge in [0.15, 0.2) is 0 Å². The predicted molar refractivity (Wildman–Crippen MR) is 79.4 cm³/mol. The fourth-order valence-electron chi connectivity index (χ4n) is 1.86. The molecule has 5 nitrogen and oxygen atoms in total. The molecule has 110 valence electrons. The third-order valence-electron chi connectivity index (χ3n) is 2.99. The topological polar surface area (TPSA) is 61.6 Å². The van der Waals surface area contributed by atoms with Crippen molar-refractivity contribution >= 4 is 5.69 Å². The van der Waals surface area contributed by atoms with E-state index in [4.69, 9.17) is 9.47 Å². The van der Waals surface area contributed by atoms with Gasteiger partial charge in [-0.1, -0.05) is 30.3 Å². The van der Waals surface area contributed by atoms with Crippen LogP contribution in [0, 0.1) is 17.0 Å². The molecule has 0 atom stereocenters. The molecule has 0 aliphatic heterocycles. The molecule has 0 spiro atoms. The number of aryl methyl sites for hydroxylation is 1. The summed E-state index contributed by atoms with van der Waals surface area (Å²) >= 11 is 0. The Hall–Kier alpha value is -2.40. The highest BCUT2D eigenvalue weighted by atomic mass is 16.6. The quantitative estimate of drug-likeness (QED) is 0.444. The highest BCUT2D eigenvalue weighted by Crippen LogP contribution is 2.23. The number of hydrogen-bond acceptors (Lipinski definition) is 4. The van der Waals surface area contributed by atoms with Crippen molar-refractivity contribution in [2.75, 3.05) is 13.2 Å². The number of nitrogens with zero attached hydrogens (tertiary/aromatic N) is 1. The first-order valence-electron chi connectivity index (χ1n) is 6.66. The van der Waals surface area contributed by atoms with Gasteiger partial charge in [0.1, 0.15) is 12.4 Å².